The second-order valence-electron chi connectivity index (χ2n) is 5.42. The van der Waals surface area contributed by atoms with Crippen LogP contribution in [0.25, 0.3) is 5.57 Å². The summed E-state index contributed by atoms with van der Waals surface area (Å²) in [6.45, 7) is 1.06. The standard InChI is InChI=1S/C17H18ClNS2.ClH/c1-19(2)8-3-4-14-15-7-9-20-17(15)21-11-12-5-6-13(18)10-16(12)14;/h4-7,9-10H,3,8,11H2,1-2H3;1H/b14-4+;. The summed E-state index contributed by atoms with van der Waals surface area (Å²) in [6.07, 6.45) is 3.42. The molecule has 0 unspecified atom stereocenters. The van der Waals surface area contributed by atoms with Crippen molar-refractivity contribution in [1.29, 1.82) is 0 Å². The van der Waals surface area contributed by atoms with Crippen LogP contribution in [-0.2, 0) is 5.75 Å². The maximum atomic E-state index is 6.24. The van der Waals surface area contributed by atoms with E-state index in [9.17, 15) is 0 Å². The fourth-order valence-electron chi connectivity index (χ4n) is 2.51. The summed E-state index contributed by atoms with van der Waals surface area (Å²) in [6, 6.07) is 8.52. The van der Waals surface area contributed by atoms with Crippen LogP contribution in [0.3, 0.4) is 0 Å². The SMILES string of the molecule is CN(C)CC/C=C1/c2cc(Cl)ccc2CSc2sccc21.Cl. The molecular formula is C17H19Cl2NS2. The van der Waals surface area contributed by atoms with Crippen molar-refractivity contribution in [2.75, 3.05) is 20.6 Å². The highest BCUT2D eigenvalue weighted by molar-refractivity contribution is 8.00. The van der Waals surface area contributed by atoms with Gasteiger partial charge in [-0.25, -0.2) is 0 Å². The second kappa shape index (κ2) is 7.89. The van der Waals surface area contributed by atoms with Gasteiger partial charge in [0.25, 0.3) is 0 Å². The minimum Gasteiger partial charge on any atom is -0.309 e. The molecule has 0 amide bonds. The zero-order valence-electron chi connectivity index (χ0n) is 12.6. The summed E-state index contributed by atoms with van der Waals surface area (Å²) in [7, 11) is 4.23. The van der Waals surface area contributed by atoms with Crippen molar-refractivity contribution >= 4 is 52.7 Å². The maximum absolute atomic E-state index is 6.24. The molecule has 0 N–H and O–H groups in total. The molecule has 1 nitrogen and oxygen atoms in total. The first kappa shape index (κ1) is 17.9. The molecule has 1 aromatic carbocycles. The van der Waals surface area contributed by atoms with Crippen LogP contribution in [0.4, 0.5) is 0 Å². The van der Waals surface area contributed by atoms with Gasteiger partial charge in [0.15, 0.2) is 0 Å². The fraction of sp³-hybridized carbons (Fsp3) is 0.294. The van der Waals surface area contributed by atoms with Crippen LogP contribution in [0.2, 0.25) is 5.02 Å². The first-order valence-corrected chi connectivity index (χ1v) is 9.24. The van der Waals surface area contributed by atoms with E-state index in [1.54, 1.807) is 0 Å². The number of halogens is 2. The second-order valence-corrected chi connectivity index (χ2v) is 8.02. The third-order valence-electron chi connectivity index (χ3n) is 3.57. The third-order valence-corrected chi connectivity index (χ3v) is 6.09. The molecule has 22 heavy (non-hydrogen) atoms. The van der Waals surface area contributed by atoms with Crippen molar-refractivity contribution in [3.63, 3.8) is 0 Å². The number of thioether (sulfide) groups is 1. The predicted octanol–water partition coefficient (Wildman–Crippen LogP) is 5.81. The van der Waals surface area contributed by atoms with E-state index in [0.717, 1.165) is 23.7 Å². The molecule has 0 saturated heterocycles. The van der Waals surface area contributed by atoms with Crippen molar-refractivity contribution in [2.24, 2.45) is 0 Å². The molecule has 0 fully saturated rings. The Morgan fingerprint density at radius 3 is 2.82 bits per heavy atom. The molecule has 1 aliphatic heterocycles. The highest BCUT2D eigenvalue weighted by Gasteiger charge is 2.19. The van der Waals surface area contributed by atoms with Crippen LogP contribution >= 0.6 is 47.1 Å². The van der Waals surface area contributed by atoms with Gasteiger partial charge in [0, 0.05) is 22.9 Å². The molecule has 1 aromatic heterocycles. The summed E-state index contributed by atoms with van der Waals surface area (Å²) >= 11 is 10.0. The Bertz CT molecular complexity index is 677. The first-order chi connectivity index (χ1) is 10.1. The van der Waals surface area contributed by atoms with Gasteiger partial charge in [-0.05, 0) is 60.8 Å². The summed E-state index contributed by atoms with van der Waals surface area (Å²) in [5, 5.41) is 3.00. The molecule has 0 saturated carbocycles. The van der Waals surface area contributed by atoms with Crippen LogP contribution in [0.15, 0.2) is 39.9 Å². The fourth-order valence-corrected chi connectivity index (χ4v) is 4.80. The third kappa shape index (κ3) is 3.90. The minimum atomic E-state index is 0. The molecule has 118 valence electrons. The van der Waals surface area contributed by atoms with Crippen molar-refractivity contribution in [2.45, 2.75) is 16.4 Å². The number of thiophene rings is 1. The van der Waals surface area contributed by atoms with Crippen LogP contribution in [0.5, 0.6) is 0 Å². The number of nitrogens with zero attached hydrogens (tertiary/aromatic N) is 1. The Balaban J connectivity index is 0.00000176. The van der Waals surface area contributed by atoms with E-state index in [2.05, 4.69) is 48.7 Å². The maximum Gasteiger partial charge on any atom is 0.0680 e. The number of benzene rings is 1. The van der Waals surface area contributed by atoms with Gasteiger partial charge in [-0.1, -0.05) is 23.7 Å². The normalized spacial score (nSPS) is 15.2. The zero-order valence-corrected chi connectivity index (χ0v) is 15.8. The van der Waals surface area contributed by atoms with Gasteiger partial charge in [-0.3, -0.25) is 0 Å². The van der Waals surface area contributed by atoms with E-state index in [1.807, 2.05) is 29.2 Å². The molecule has 2 heterocycles. The van der Waals surface area contributed by atoms with E-state index < -0.39 is 0 Å². The van der Waals surface area contributed by atoms with E-state index in [0.29, 0.717) is 0 Å². The average Bonchev–Trinajstić information content (AvgIpc) is 2.85. The number of fused-ring (bicyclic) bond motifs is 2. The van der Waals surface area contributed by atoms with Gasteiger partial charge < -0.3 is 4.90 Å². The lowest BCUT2D eigenvalue weighted by molar-refractivity contribution is 0.417. The topological polar surface area (TPSA) is 3.24 Å². The van der Waals surface area contributed by atoms with Gasteiger partial charge in [0.2, 0.25) is 0 Å². The smallest absolute Gasteiger partial charge is 0.0680 e. The van der Waals surface area contributed by atoms with Crippen molar-refractivity contribution in [3.8, 4) is 0 Å². The molecule has 0 spiro atoms. The summed E-state index contributed by atoms with van der Waals surface area (Å²) in [5.74, 6) is 1.02. The van der Waals surface area contributed by atoms with E-state index in [-0.39, 0.29) is 12.4 Å². The molecule has 1 aliphatic rings. The number of hydrogen-bond donors (Lipinski definition) is 0. The van der Waals surface area contributed by atoms with Gasteiger partial charge in [-0.2, -0.15) is 0 Å². The Morgan fingerprint density at radius 1 is 1.23 bits per heavy atom. The van der Waals surface area contributed by atoms with E-state index >= 15 is 0 Å². The van der Waals surface area contributed by atoms with Crippen molar-refractivity contribution < 1.29 is 0 Å². The lowest BCUT2D eigenvalue weighted by Gasteiger charge is -2.12. The molecule has 5 heteroatoms. The van der Waals surface area contributed by atoms with Gasteiger partial charge in [-0.15, -0.1) is 35.5 Å². The zero-order chi connectivity index (χ0) is 14.8. The molecule has 0 bridgehead atoms. The van der Waals surface area contributed by atoms with Gasteiger partial charge in [0.05, 0.1) is 4.21 Å². The molecular weight excluding hydrogens is 353 g/mol. The summed E-state index contributed by atoms with van der Waals surface area (Å²) < 4.78 is 1.42. The van der Waals surface area contributed by atoms with Crippen LogP contribution < -0.4 is 0 Å². The molecule has 0 radical (unpaired) electrons. The highest BCUT2D eigenvalue weighted by Crippen LogP contribution is 2.43. The van der Waals surface area contributed by atoms with Gasteiger partial charge in [0.1, 0.15) is 0 Å². The predicted molar refractivity (Wildman–Crippen MR) is 103 cm³/mol. The van der Waals surface area contributed by atoms with Crippen molar-refractivity contribution in [3.05, 3.63) is 57.4 Å². The molecule has 3 rings (SSSR count). The van der Waals surface area contributed by atoms with Crippen LogP contribution in [-0.4, -0.2) is 25.5 Å². The summed E-state index contributed by atoms with van der Waals surface area (Å²) in [5.41, 5.74) is 5.38. The average molecular weight is 372 g/mol. The Morgan fingerprint density at radius 2 is 2.05 bits per heavy atom. The van der Waals surface area contributed by atoms with E-state index in [1.165, 1.54) is 26.5 Å². The quantitative estimate of drug-likeness (QED) is 0.669. The number of rotatable bonds is 3. The Hall–Kier alpha value is -0.450. The van der Waals surface area contributed by atoms with Crippen molar-refractivity contribution in [1.82, 2.24) is 4.90 Å². The molecule has 2 aromatic rings. The number of hydrogen-bond acceptors (Lipinski definition) is 3. The molecule has 0 atom stereocenters. The lowest BCUT2D eigenvalue weighted by atomic mass is 9.95. The first-order valence-electron chi connectivity index (χ1n) is 6.99. The van der Waals surface area contributed by atoms with E-state index in [4.69, 9.17) is 11.6 Å². The Labute approximate surface area is 151 Å². The van der Waals surface area contributed by atoms with Crippen LogP contribution in [0, 0.1) is 0 Å². The van der Waals surface area contributed by atoms with Crippen LogP contribution in [0.1, 0.15) is 23.1 Å². The Kier molecular flexibility index (Phi) is 6.42. The largest absolute Gasteiger partial charge is 0.309 e. The molecule has 0 aliphatic carbocycles. The summed E-state index contributed by atoms with van der Waals surface area (Å²) in [4.78, 5) is 2.22. The van der Waals surface area contributed by atoms with Gasteiger partial charge >= 0.3 is 0 Å². The highest BCUT2D eigenvalue weighted by atomic mass is 35.5. The monoisotopic (exact) mass is 371 g/mol. The minimum absolute atomic E-state index is 0. The lowest BCUT2D eigenvalue weighted by Crippen LogP contribution is -2.12.